The van der Waals surface area contributed by atoms with Crippen LogP contribution in [0.15, 0.2) is 66.7 Å². The van der Waals surface area contributed by atoms with Crippen LogP contribution >= 0.6 is 0 Å². The summed E-state index contributed by atoms with van der Waals surface area (Å²) in [5.41, 5.74) is 1.95. The third-order valence-corrected chi connectivity index (χ3v) is 5.47. The molecule has 0 aliphatic carbocycles. The van der Waals surface area contributed by atoms with Gasteiger partial charge in [-0.3, -0.25) is 0 Å². The molecule has 0 N–H and O–H groups in total. The molecule has 0 saturated carbocycles. The van der Waals surface area contributed by atoms with E-state index >= 15 is 0 Å². The van der Waals surface area contributed by atoms with Crippen molar-refractivity contribution in [2.75, 3.05) is 25.1 Å². The number of hydrogen-bond donors (Lipinski definition) is 0. The summed E-state index contributed by atoms with van der Waals surface area (Å²) in [7, 11) is 2.13. The maximum atomic E-state index is 9.21. The van der Waals surface area contributed by atoms with Crippen LogP contribution in [0.3, 0.4) is 0 Å². The average Bonchev–Trinajstić information content (AvgIpc) is 2.80. The van der Waals surface area contributed by atoms with Crippen molar-refractivity contribution in [3.8, 4) is 11.8 Å². The highest BCUT2D eigenvalue weighted by Gasteiger charge is 2.19. The van der Waals surface area contributed by atoms with E-state index in [0.29, 0.717) is 6.10 Å². The summed E-state index contributed by atoms with van der Waals surface area (Å²) in [6.07, 6.45) is 3.84. The van der Waals surface area contributed by atoms with Crippen LogP contribution in [-0.4, -0.2) is 31.3 Å². The Morgan fingerprint density at radius 3 is 2.27 bits per heavy atom. The first kappa shape index (κ1) is 21.7. The van der Waals surface area contributed by atoms with E-state index in [-0.39, 0.29) is 0 Å². The van der Waals surface area contributed by atoms with Gasteiger partial charge in [-0.05, 0) is 50.5 Å². The van der Waals surface area contributed by atoms with Crippen molar-refractivity contribution >= 4 is 16.5 Å². The van der Waals surface area contributed by atoms with Crippen molar-refractivity contribution in [2.45, 2.75) is 39.2 Å². The number of para-hydroxylation sites is 1. The third-order valence-electron chi connectivity index (χ3n) is 5.47. The van der Waals surface area contributed by atoms with Gasteiger partial charge in [0.1, 0.15) is 5.75 Å². The molecule has 1 heterocycles. The van der Waals surface area contributed by atoms with Crippen LogP contribution in [0, 0.1) is 11.3 Å². The maximum Gasteiger partial charge on any atom is 0.119 e. The van der Waals surface area contributed by atoms with Gasteiger partial charge in [0.2, 0.25) is 0 Å². The molecular weight excluding hydrogens is 370 g/mol. The first-order chi connectivity index (χ1) is 14.6. The van der Waals surface area contributed by atoms with Gasteiger partial charge in [0, 0.05) is 30.9 Å². The van der Waals surface area contributed by atoms with E-state index in [4.69, 9.17) is 4.74 Å². The minimum atomic E-state index is 0.317. The molecule has 0 spiro atoms. The first-order valence-electron chi connectivity index (χ1n) is 10.8. The number of fused-ring (bicyclic) bond motifs is 1. The van der Waals surface area contributed by atoms with Gasteiger partial charge >= 0.3 is 0 Å². The molecular formula is C26H31N3O. The number of hydrazine groups is 1. The SMILES string of the molecule is CCC(C)Oc1ccccc1.CN1CCCCN1c1ccc(C#N)c2ccccc12. The van der Waals surface area contributed by atoms with Gasteiger partial charge in [-0.15, -0.1) is 0 Å². The van der Waals surface area contributed by atoms with Gasteiger partial charge in [0.05, 0.1) is 23.4 Å². The smallest absolute Gasteiger partial charge is 0.119 e. The lowest BCUT2D eigenvalue weighted by molar-refractivity contribution is 0.217. The Morgan fingerprint density at radius 1 is 0.933 bits per heavy atom. The number of benzene rings is 3. The molecule has 4 heteroatoms. The molecule has 1 aliphatic rings. The fraction of sp³-hybridized carbons (Fsp3) is 0.346. The zero-order chi connectivity index (χ0) is 21.3. The van der Waals surface area contributed by atoms with Crippen molar-refractivity contribution in [1.82, 2.24) is 5.01 Å². The van der Waals surface area contributed by atoms with E-state index in [1.54, 1.807) is 0 Å². The fourth-order valence-electron chi connectivity index (χ4n) is 3.62. The number of nitrogens with zero attached hydrogens (tertiary/aromatic N) is 3. The highest BCUT2D eigenvalue weighted by atomic mass is 16.5. The summed E-state index contributed by atoms with van der Waals surface area (Å²) in [6.45, 7) is 6.33. The highest BCUT2D eigenvalue weighted by molar-refractivity contribution is 5.97. The predicted molar refractivity (Wildman–Crippen MR) is 125 cm³/mol. The minimum absolute atomic E-state index is 0.317. The molecule has 4 rings (SSSR count). The van der Waals surface area contributed by atoms with E-state index in [9.17, 15) is 5.26 Å². The van der Waals surface area contributed by atoms with Crippen LogP contribution in [0.1, 0.15) is 38.7 Å². The topological polar surface area (TPSA) is 39.5 Å². The van der Waals surface area contributed by atoms with Crippen LogP contribution in [0.2, 0.25) is 0 Å². The lowest BCUT2D eigenvalue weighted by Crippen LogP contribution is -2.44. The van der Waals surface area contributed by atoms with Crippen LogP contribution in [0.25, 0.3) is 10.8 Å². The van der Waals surface area contributed by atoms with Crippen LogP contribution in [0.4, 0.5) is 5.69 Å². The monoisotopic (exact) mass is 401 g/mol. The van der Waals surface area contributed by atoms with Crippen molar-refractivity contribution in [3.05, 3.63) is 72.3 Å². The zero-order valence-electron chi connectivity index (χ0n) is 18.2. The molecule has 4 nitrogen and oxygen atoms in total. The van der Waals surface area contributed by atoms with Gasteiger partial charge in [-0.1, -0.05) is 49.4 Å². The van der Waals surface area contributed by atoms with E-state index in [2.05, 4.69) is 49.1 Å². The standard InChI is InChI=1S/C16H17N3.C10H14O/c1-18-10-4-5-11-19(18)16-9-8-13(12-17)14-6-2-3-7-15(14)16;1-3-9(2)11-10-7-5-4-6-8-10/h2-3,6-9H,4-5,10-11H2,1H3;4-9H,3H2,1-2H3. The Bertz CT molecular complexity index is 980. The molecule has 0 aromatic heterocycles. The molecule has 1 unspecified atom stereocenters. The molecule has 30 heavy (non-hydrogen) atoms. The van der Waals surface area contributed by atoms with Gasteiger partial charge in [0.15, 0.2) is 0 Å². The Hall–Kier alpha value is -3.03. The Balaban J connectivity index is 0.000000199. The second kappa shape index (κ2) is 10.7. The number of ether oxygens (including phenoxy) is 1. The lowest BCUT2D eigenvalue weighted by Gasteiger charge is -2.38. The van der Waals surface area contributed by atoms with Crippen molar-refractivity contribution in [1.29, 1.82) is 5.26 Å². The first-order valence-corrected chi connectivity index (χ1v) is 10.8. The summed E-state index contributed by atoms with van der Waals surface area (Å²) in [5.74, 6) is 0.960. The Morgan fingerprint density at radius 2 is 1.60 bits per heavy atom. The summed E-state index contributed by atoms with van der Waals surface area (Å²) in [4.78, 5) is 0. The molecule has 3 aromatic rings. The molecule has 1 saturated heterocycles. The summed E-state index contributed by atoms with van der Waals surface area (Å²) in [5, 5.41) is 16.0. The quantitative estimate of drug-likeness (QED) is 0.536. The average molecular weight is 402 g/mol. The molecule has 0 radical (unpaired) electrons. The molecule has 1 atom stereocenters. The normalized spacial score (nSPS) is 15.1. The van der Waals surface area contributed by atoms with Crippen LogP contribution in [-0.2, 0) is 0 Å². The van der Waals surface area contributed by atoms with Gasteiger partial charge in [-0.25, -0.2) is 5.01 Å². The Labute approximate surface area is 180 Å². The fourth-order valence-corrected chi connectivity index (χ4v) is 3.62. The third kappa shape index (κ3) is 5.31. The predicted octanol–water partition coefficient (Wildman–Crippen LogP) is 6.02. The van der Waals surface area contributed by atoms with Gasteiger partial charge < -0.3 is 9.75 Å². The molecule has 3 aromatic carbocycles. The number of nitriles is 1. The number of hydrogen-bond acceptors (Lipinski definition) is 4. The maximum absolute atomic E-state index is 9.21. The Kier molecular flexibility index (Phi) is 7.70. The lowest BCUT2D eigenvalue weighted by atomic mass is 10.0. The van der Waals surface area contributed by atoms with E-state index < -0.39 is 0 Å². The van der Waals surface area contributed by atoms with Crippen molar-refractivity contribution < 1.29 is 4.74 Å². The van der Waals surface area contributed by atoms with Crippen molar-refractivity contribution in [3.63, 3.8) is 0 Å². The van der Waals surface area contributed by atoms with E-state index in [1.165, 1.54) is 18.5 Å². The van der Waals surface area contributed by atoms with E-state index in [1.807, 2.05) is 54.6 Å². The zero-order valence-corrected chi connectivity index (χ0v) is 18.2. The second-order valence-electron chi connectivity index (χ2n) is 7.65. The summed E-state index contributed by atoms with van der Waals surface area (Å²) in [6, 6.07) is 24.4. The van der Waals surface area contributed by atoms with Crippen molar-refractivity contribution in [2.24, 2.45) is 0 Å². The van der Waals surface area contributed by atoms with E-state index in [0.717, 1.165) is 41.6 Å². The highest BCUT2D eigenvalue weighted by Crippen LogP contribution is 2.31. The largest absolute Gasteiger partial charge is 0.491 e. The molecule has 0 amide bonds. The van der Waals surface area contributed by atoms with Crippen LogP contribution in [0.5, 0.6) is 5.75 Å². The second-order valence-corrected chi connectivity index (χ2v) is 7.65. The van der Waals surface area contributed by atoms with Gasteiger partial charge in [-0.2, -0.15) is 5.26 Å². The minimum Gasteiger partial charge on any atom is -0.491 e. The summed E-state index contributed by atoms with van der Waals surface area (Å²) >= 11 is 0. The molecule has 156 valence electrons. The molecule has 1 aliphatic heterocycles. The number of anilines is 1. The number of rotatable bonds is 4. The summed E-state index contributed by atoms with van der Waals surface area (Å²) < 4.78 is 5.56. The molecule has 0 bridgehead atoms. The molecule has 1 fully saturated rings. The van der Waals surface area contributed by atoms with Crippen LogP contribution < -0.4 is 9.75 Å². The van der Waals surface area contributed by atoms with Gasteiger partial charge in [0.25, 0.3) is 0 Å².